The van der Waals surface area contributed by atoms with E-state index in [4.69, 9.17) is 4.74 Å². The molecule has 0 amide bonds. The number of unbranched alkanes of at least 4 members (excludes halogenated alkanes) is 6. The van der Waals surface area contributed by atoms with Crippen LogP contribution in [0.4, 0.5) is 0 Å². The second kappa shape index (κ2) is 9.81. The zero-order valence-corrected chi connectivity index (χ0v) is 13.6. The Morgan fingerprint density at radius 3 is 2.45 bits per heavy atom. The first-order chi connectivity index (χ1) is 9.74. The van der Waals surface area contributed by atoms with E-state index in [0.717, 1.165) is 17.9 Å². The van der Waals surface area contributed by atoms with Gasteiger partial charge < -0.3 is 10.1 Å². The number of rotatable bonds is 11. The molecule has 1 aromatic rings. The van der Waals surface area contributed by atoms with Gasteiger partial charge in [-0.05, 0) is 13.5 Å². The van der Waals surface area contributed by atoms with Crippen LogP contribution in [0.25, 0.3) is 0 Å². The largest absolute Gasteiger partial charge is 0.493 e. The molecule has 116 valence electrons. The van der Waals surface area contributed by atoms with Crippen molar-refractivity contribution in [2.45, 2.75) is 64.3 Å². The minimum Gasteiger partial charge on any atom is -0.493 e. The lowest BCUT2D eigenvalue weighted by Gasteiger charge is -2.18. The van der Waals surface area contributed by atoms with Gasteiger partial charge >= 0.3 is 0 Å². The lowest BCUT2D eigenvalue weighted by Crippen LogP contribution is -2.20. The van der Waals surface area contributed by atoms with Crippen molar-refractivity contribution in [3.05, 3.63) is 11.9 Å². The highest BCUT2D eigenvalue weighted by molar-refractivity contribution is 5.28. The third kappa shape index (κ3) is 5.16. The summed E-state index contributed by atoms with van der Waals surface area (Å²) in [6, 6.07) is 0.327. The van der Waals surface area contributed by atoms with Crippen molar-refractivity contribution in [3.8, 4) is 5.75 Å². The minimum absolute atomic E-state index is 0.327. The average molecular weight is 281 g/mol. The summed E-state index contributed by atoms with van der Waals surface area (Å²) in [6.07, 6.45) is 12.3. The summed E-state index contributed by atoms with van der Waals surface area (Å²) in [5, 5.41) is 7.68. The summed E-state index contributed by atoms with van der Waals surface area (Å²) in [7, 11) is 5.70. The normalized spacial score (nSPS) is 12.6. The summed E-state index contributed by atoms with van der Waals surface area (Å²) >= 11 is 0. The Labute approximate surface area is 123 Å². The van der Waals surface area contributed by atoms with E-state index in [1.165, 1.54) is 44.9 Å². The van der Waals surface area contributed by atoms with E-state index >= 15 is 0 Å². The van der Waals surface area contributed by atoms with Crippen LogP contribution in [0.2, 0.25) is 0 Å². The summed E-state index contributed by atoms with van der Waals surface area (Å²) in [5.74, 6) is 0.884. The quantitative estimate of drug-likeness (QED) is 0.627. The van der Waals surface area contributed by atoms with Crippen molar-refractivity contribution in [1.29, 1.82) is 0 Å². The first-order valence-corrected chi connectivity index (χ1v) is 7.97. The lowest BCUT2D eigenvalue weighted by atomic mass is 10.0. The first-order valence-electron chi connectivity index (χ1n) is 7.97. The fourth-order valence-corrected chi connectivity index (χ4v) is 2.70. The maximum Gasteiger partial charge on any atom is 0.161 e. The molecule has 0 saturated carbocycles. The highest BCUT2D eigenvalue weighted by Gasteiger charge is 2.18. The molecule has 0 fully saturated rings. The fraction of sp³-hybridized carbons (Fsp3) is 0.812. The molecule has 20 heavy (non-hydrogen) atoms. The van der Waals surface area contributed by atoms with Crippen LogP contribution in [0.5, 0.6) is 5.75 Å². The van der Waals surface area contributed by atoms with Gasteiger partial charge in [-0.1, -0.05) is 51.9 Å². The van der Waals surface area contributed by atoms with Crippen molar-refractivity contribution in [2.24, 2.45) is 7.05 Å². The van der Waals surface area contributed by atoms with Gasteiger partial charge in [0.15, 0.2) is 5.75 Å². The topological polar surface area (TPSA) is 39.1 Å². The lowest BCUT2D eigenvalue weighted by molar-refractivity contribution is 0.390. The molecule has 1 aromatic heterocycles. The Morgan fingerprint density at radius 2 is 1.85 bits per heavy atom. The van der Waals surface area contributed by atoms with Crippen LogP contribution < -0.4 is 10.1 Å². The van der Waals surface area contributed by atoms with Gasteiger partial charge in [-0.25, -0.2) is 0 Å². The summed E-state index contributed by atoms with van der Waals surface area (Å²) in [4.78, 5) is 0. The molecule has 0 aliphatic heterocycles. The maximum absolute atomic E-state index is 5.40. The smallest absolute Gasteiger partial charge is 0.161 e. The van der Waals surface area contributed by atoms with Crippen molar-refractivity contribution >= 4 is 0 Å². The highest BCUT2D eigenvalue weighted by Crippen LogP contribution is 2.27. The number of methoxy groups -OCH3 is 1. The maximum atomic E-state index is 5.40. The number of nitrogens with one attached hydrogen (secondary N) is 1. The molecule has 1 heterocycles. The zero-order valence-electron chi connectivity index (χ0n) is 13.6. The van der Waals surface area contributed by atoms with Crippen molar-refractivity contribution in [1.82, 2.24) is 15.1 Å². The third-order valence-corrected chi connectivity index (χ3v) is 3.94. The van der Waals surface area contributed by atoms with Crippen LogP contribution in [-0.2, 0) is 7.05 Å². The predicted molar refractivity (Wildman–Crippen MR) is 84.2 cm³/mol. The number of hydrogen-bond donors (Lipinski definition) is 1. The van der Waals surface area contributed by atoms with Crippen molar-refractivity contribution in [3.63, 3.8) is 0 Å². The summed E-state index contributed by atoms with van der Waals surface area (Å²) in [5.41, 5.74) is 1.15. The van der Waals surface area contributed by atoms with E-state index < -0.39 is 0 Å². The molecule has 1 unspecified atom stereocenters. The van der Waals surface area contributed by atoms with Gasteiger partial charge in [0.2, 0.25) is 0 Å². The molecule has 1 atom stereocenters. The standard InChI is InChI=1S/C16H31N3O/c1-5-6-7-8-9-10-11-12-14(17-2)16-15(20-4)13-18-19(16)3/h13-14,17H,5-12H2,1-4H3. The van der Waals surface area contributed by atoms with Gasteiger partial charge in [-0.2, -0.15) is 5.10 Å². The minimum atomic E-state index is 0.327. The summed E-state index contributed by atoms with van der Waals surface area (Å²) < 4.78 is 7.32. The second-order valence-electron chi connectivity index (χ2n) is 5.47. The molecule has 0 radical (unpaired) electrons. The van der Waals surface area contributed by atoms with Crippen LogP contribution >= 0.6 is 0 Å². The van der Waals surface area contributed by atoms with Crippen molar-refractivity contribution < 1.29 is 4.74 Å². The molecule has 0 aliphatic carbocycles. The Kier molecular flexibility index (Phi) is 8.35. The predicted octanol–water partition coefficient (Wildman–Crippen LogP) is 3.83. The molecule has 4 nitrogen and oxygen atoms in total. The van der Waals surface area contributed by atoms with Crippen LogP contribution in [-0.4, -0.2) is 23.9 Å². The number of aromatic nitrogens is 2. The fourth-order valence-electron chi connectivity index (χ4n) is 2.70. The summed E-state index contributed by atoms with van der Waals surface area (Å²) in [6.45, 7) is 2.26. The zero-order chi connectivity index (χ0) is 14.8. The van der Waals surface area contributed by atoms with Crippen LogP contribution in [0.15, 0.2) is 6.20 Å². The number of aryl methyl sites for hydroxylation is 1. The molecule has 4 heteroatoms. The van der Waals surface area contributed by atoms with Gasteiger partial charge in [0.25, 0.3) is 0 Å². The number of ether oxygens (including phenoxy) is 1. The number of nitrogens with zero attached hydrogens (tertiary/aromatic N) is 2. The monoisotopic (exact) mass is 281 g/mol. The van der Waals surface area contributed by atoms with Crippen LogP contribution in [0, 0.1) is 0 Å². The Bertz CT molecular complexity index is 363. The van der Waals surface area contributed by atoms with Gasteiger partial charge in [-0.15, -0.1) is 0 Å². The number of hydrogen-bond acceptors (Lipinski definition) is 3. The van der Waals surface area contributed by atoms with E-state index in [0.29, 0.717) is 6.04 Å². The van der Waals surface area contributed by atoms with E-state index in [1.807, 2.05) is 18.8 Å². The van der Waals surface area contributed by atoms with E-state index in [-0.39, 0.29) is 0 Å². The van der Waals surface area contributed by atoms with E-state index in [1.54, 1.807) is 13.3 Å². The van der Waals surface area contributed by atoms with E-state index in [2.05, 4.69) is 17.3 Å². The SMILES string of the molecule is CCCCCCCCCC(NC)c1c(OC)cnn1C. The molecular weight excluding hydrogens is 250 g/mol. The molecule has 0 aliphatic rings. The van der Waals surface area contributed by atoms with Gasteiger partial charge in [0.1, 0.15) is 0 Å². The Balaban J connectivity index is 2.34. The highest BCUT2D eigenvalue weighted by atomic mass is 16.5. The van der Waals surface area contributed by atoms with Crippen LogP contribution in [0.3, 0.4) is 0 Å². The van der Waals surface area contributed by atoms with Crippen LogP contribution in [0.1, 0.15) is 70.0 Å². The molecule has 0 saturated heterocycles. The Morgan fingerprint density at radius 1 is 1.20 bits per heavy atom. The molecule has 1 N–H and O–H groups in total. The van der Waals surface area contributed by atoms with Gasteiger partial charge in [-0.3, -0.25) is 4.68 Å². The first kappa shape index (κ1) is 17.0. The van der Waals surface area contributed by atoms with Gasteiger partial charge in [0, 0.05) is 7.05 Å². The van der Waals surface area contributed by atoms with Gasteiger partial charge in [0.05, 0.1) is 25.0 Å². The molecule has 0 aromatic carbocycles. The van der Waals surface area contributed by atoms with E-state index in [9.17, 15) is 0 Å². The average Bonchev–Trinajstić information content (AvgIpc) is 2.83. The Hall–Kier alpha value is -1.03. The third-order valence-electron chi connectivity index (χ3n) is 3.94. The van der Waals surface area contributed by atoms with Crippen molar-refractivity contribution in [2.75, 3.05) is 14.2 Å². The molecule has 0 bridgehead atoms. The molecule has 1 rings (SSSR count). The molecular formula is C16H31N3O. The molecule has 0 spiro atoms. The second-order valence-corrected chi connectivity index (χ2v) is 5.47.